The van der Waals surface area contributed by atoms with Gasteiger partial charge in [-0.3, -0.25) is 0 Å². The highest BCUT2D eigenvalue weighted by Gasteiger charge is 2.16. The molecular weight excluding hydrogens is 336 g/mol. The van der Waals surface area contributed by atoms with Crippen molar-refractivity contribution in [3.63, 3.8) is 0 Å². The summed E-state index contributed by atoms with van der Waals surface area (Å²) in [6.45, 7) is 5.10. The highest BCUT2D eigenvalue weighted by atomic mass is 16.5. The van der Waals surface area contributed by atoms with E-state index >= 15 is 0 Å². The molecule has 0 bridgehead atoms. The topological polar surface area (TPSA) is 46.5 Å². The monoisotopic (exact) mass is 384 g/mol. The van der Waals surface area contributed by atoms with Gasteiger partial charge >= 0.3 is 5.97 Å². The molecule has 0 amide bonds. The summed E-state index contributed by atoms with van der Waals surface area (Å²) in [5.74, 6) is -0.787. The molecule has 1 N–H and O–H groups in total. The van der Waals surface area contributed by atoms with Crippen LogP contribution in [0.15, 0.2) is 0 Å². The number of ether oxygens (including phenoxy) is 1. The van der Waals surface area contributed by atoms with Crippen LogP contribution in [0.2, 0.25) is 0 Å². The first-order chi connectivity index (χ1) is 13.2. The van der Waals surface area contributed by atoms with E-state index in [9.17, 15) is 9.90 Å². The van der Waals surface area contributed by atoms with E-state index in [0.717, 1.165) is 25.7 Å². The third-order valence-electron chi connectivity index (χ3n) is 5.41. The lowest BCUT2D eigenvalue weighted by atomic mass is 10.0. The summed E-state index contributed by atoms with van der Waals surface area (Å²) in [4.78, 5) is 11.3. The second kappa shape index (κ2) is 21.7. The van der Waals surface area contributed by atoms with E-state index in [0.29, 0.717) is 13.0 Å². The van der Waals surface area contributed by atoms with Gasteiger partial charge in [0.15, 0.2) is 6.10 Å². The highest BCUT2D eigenvalue weighted by molar-refractivity contribution is 5.72. The zero-order chi connectivity index (χ0) is 20.0. The molecule has 0 aromatic rings. The van der Waals surface area contributed by atoms with Crippen LogP contribution in [0.25, 0.3) is 0 Å². The van der Waals surface area contributed by atoms with Gasteiger partial charge in [0.2, 0.25) is 0 Å². The lowest BCUT2D eigenvalue weighted by molar-refractivity contribution is -0.151. The summed E-state index contributed by atoms with van der Waals surface area (Å²) in [6.07, 6.45) is 22.9. The molecule has 1 atom stereocenters. The van der Waals surface area contributed by atoms with E-state index in [1.54, 1.807) is 0 Å². The fourth-order valence-corrected chi connectivity index (χ4v) is 3.56. The number of carbonyl (C=O) groups is 1. The summed E-state index contributed by atoms with van der Waals surface area (Å²) in [6, 6.07) is 0. The Morgan fingerprint density at radius 1 is 0.630 bits per heavy atom. The molecule has 0 radical (unpaired) electrons. The van der Waals surface area contributed by atoms with Gasteiger partial charge in [-0.2, -0.15) is 0 Å². The molecule has 0 fully saturated rings. The Balaban J connectivity index is 3.46. The number of hydrogen-bond donors (Lipinski definition) is 1. The average Bonchev–Trinajstić information content (AvgIpc) is 2.66. The van der Waals surface area contributed by atoms with Crippen LogP contribution >= 0.6 is 0 Å². The second-order valence-electron chi connectivity index (χ2n) is 8.14. The van der Waals surface area contributed by atoms with Crippen LogP contribution in [0.3, 0.4) is 0 Å². The van der Waals surface area contributed by atoms with Crippen LogP contribution in [0.5, 0.6) is 0 Å². The molecule has 3 nitrogen and oxygen atoms in total. The Hall–Kier alpha value is -0.570. The maximum atomic E-state index is 11.3. The SMILES string of the molecule is CCCCCCCCCCCCC(OCCCCCCCCCC)C(=O)O. The van der Waals surface area contributed by atoms with E-state index in [1.165, 1.54) is 89.9 Å². The molecule has 0 spiro atoms. The maximum Gasteiger partial charge on any atom is 0.332 e. The van der Waals surface area contributed by atoms with Gasteiger partial charge in [0.05, 0.1) is 0 Å². The third-order valence-corrected chi connectivity index (χ3v) is 5.41. The van der Waals surface area contributed by atoms with Crippen molar-refractivity contribution < 1.29 is 14.6 Å². The van der Waals surface area contributed by atoms with Crippen molar-refractivity contribution in [2.45, 2.75) is 142 Å². The van der Waals surface area contributed by atoms with Gasteiger partial charge in [-0.1, -0.05) is 123 Å². The van der Waals surface area contributed by atoms with Crippen molar-refractivity contribution in [1.29, 1.82) is 0 Å². The molecule has 0 saturated carbocycles. The van der Waals surface area contributed by atoms with Crippen molar-refractivity contribution in [2.75, 3.05) is 6.61 Å². The standard InChI is InChI=1S/C24H48O3/c1-3-5-7-9-11-13-14-15-17-19-21-23(24(25)26)27-22-20-18-16-12-10-8-6-4-2/h23H,3-22H2,1-2H3,(H,25,26). The molecular formula is C24H48O3. The molecule has 27 heavy (non-hydrogen) atoms. The average molecular weight is 385 g/mol. The van der Waals surface area contributed by atoms with Gasteiger partial charge in [-0.15, -0.1) is 0 Å². The molecule has 0 aromatic carbocycles. The number of hydrogen-bond acceptors (Lipinski definition) is 2. The van der Waals surface area contributed by atoms with Gasteiger partial charge < -0.3 is 9.84 Å². The van der Waals surface area contributed by atoms with Crippen molar-refractivity contribution in [3.05, 3.63) is 0 Å². The van der Waals surface area contributed by atoms with E-state index in [2.05, 4.69) is 13.8 Å². The molecule has 0 aliphatic heterocycles. The Bertz CT molecular complexity index is 304. The van der Waals surface area contributed by atoms with E-state index in [1.807, 2.05) is 0 Å². The Morgan fingerprint density at radius 3 is 1.41 bits per heavy atom. The van der Waals surface area contributed by atoms with Crippen LogP contribution < -0.4 is 0 Å². The molecule has 162 valence electrons. The molecule has 1 unspecified atom stereocenters. The molecule has 0 rings (SSSR count). The van der Waals surface area contributed by atoms with Crippen LogP contribution in [0, 0.1) is 0 Å². The lowest BCUT2D eigenvalue weighted by Gasteiger charge is -2.13. The van der Waals surface area contributed by atoms with Gasteiger partial charge in [-0.25, -0.2) is 4.79 Å². The van der Waals surface area contributed by atoms with Crippen molar-refractivity contribution >= 4 is 5.97 Å². The van der Waals surface area contributed by atoms with Gasteiger partial charge in [0.1, 0.15) is 0 Å². The number of aliphatic carboxylic acids is 1. The highest BCUT2D eigenvalue weighted by Crippen LogP contribution is 2.14. The zero-order valence-corrected chi connectivity index (χ0v) is 18.5. The van der Waals surface area contributed by atoms with E-state index in [4.69, 9.17) is 4.74 Å². The lowest BCUT2D eigenvalue weighted by Crippen LogP contribution is -2.24. The first-order valence-electron chi connectivity index (χ1n) is 12.1. The number of carboxylic acids is 1. The molecule has 3 heteroatoms. The minimum absolute atomic E-state index is 0.594. The predicted octanol–water partition coefficient (Wildman–Crippen LogP) is 7.91. The molecule has 0 aliphatic carbocycles. The number of carboxylic acid groups (broad SMARTS) is 1. The Kier molecular flexibility index (Phi) is 21.3. The van der Waals surface area contributed by atoms with Crippen LogP contribution in [-0.2, 0) is 9.53 Å². The summed E-state index contributed by atoms with van der Waals surface area (Å²) in [5.41, 5.74) is 0. The number of rotatable bonds is 22. The molecule has 0 aliphatic rings. The van der Waals surface area contributed by atoms with Gasteiger partial charge in [0.25, 0.3) is 0 Å². The third kappa shape index (κ3) is 20.0. The normalized spacial score (nSPS) is 12.4. The largest absolute Gasteiger partial charge is 0.479 e. The summed E-state index contributed by atoms with van der Waals surface area (Å²) in [7, 11) is 0. The van der Waals surface area contributed by atoms with Gasteiger partial charge in [0, 0.05) is 6.61 Å². The number of unbranched alkanes of at least 4 members (excludes halogenated alkanes) is 16. The first kappa shape index (κ1) is 26.4. The Labute approximate surface area is 169 Å². The zero-order valence-electron chi connectivity index (χ0n) is 18.5. The summed E-state index contributed by atoms with van der Waals surface area (Å²) in [5, 5.41) is 9.31. The summed E-state index contributed by atoms with van der Waals surface area (Å²) < 4.78 is 5.63. The molecule has 0 saturated heterocycles. The van der Waals surface area contributed by atoms with Crippen molar-refractivity contribution in [3.8, 4) is 0 Å². The van der Waals surface area contributed by atoms with Crippen LogP contribution in [0.1, 0.15) is 136 Å². The molecule has 0 aromatic heterocycles. The van der Waals surface area contributed by atoms with E-state index in [-0.39, 0.29) is 0 Å². The summed E-state index contributed by atoms with van der Waals surface area (Å²) >= 11 is 0. The smallest absolute Gasteiger partial charge is 0.332 e. The van der Waals surface area contributed by atoms with Crippen molar-refractivity contribution in [2.24, 2.45) is 0 Å². The van der Waals surface area contributed by atoms with Gasteiger partial charge in [-0.05, 0) is 12.8 Å². The fourth-order valence-electron chi connectivity index (χ4n) is 3.56. The van der Waals surface area contributed by atoms with Crippen molar-refractivity contribution in [1.82, 2.24) is 0 Å². The quantitative estimate of drug-likeness (QED) is 0.193. The minimum Gasteiger partial charge on any atom is -0.479 e. The van der Waals surface area contributed by atoms with Crippen LogP contribution in [0.4, 0.5) is 0 Å². The fraction of sp³-hybridized carbons (Fsp3) is 0.958. The molecule has 0 heterocycles. The Morgan fingerprint density at radius 2 is 1.00 bits per heavy atom. The van der Waals surface area contributed by atoms with Crippen LogP contribution in [-0.4, -0.2) is 23.8 Å². The maximum absolute atomic E-state index is 11.3. The first-order valence-corrected chi connectivity index (χ1v) is 12.1. The second-order valence-corrected chi connectivity index (χ2v) is 8.14. The van der Waals surface area contributed by atoms with E-state index < -0.39 is 12.1 Å². The predicted molar refractivity (Wildman–Crippen MR) is 116 cm³/mol. The minimum atomic E-state index is -0.787.